The second-order valence-electron chi connectivity index (χ2n) is 7.24. The Balaban J connectivity index is 1.51. The van der Waals surface area contributed by atoms with Crippen molar-refractivity contribution in [2.75, 3.05) is 18.0 Å². The summed E-state index contributed by atoms with van der Waals surface area (Å²) in [4.78, 5) is 2.53. The summed E-state index contributed by atoms with van der Waals surface area (Å²) in [6, 6.07) is 27.7. The second-order valence-corrected chi connectivity index (χ2v) is 7.24. The maximum atomic E-state index is 6.08. The number of hydrogen-bond acceptors (Lipinski definition) is 2. The van der Waals surface area contributed by atoms with E-state index in [0.29, 0.717) is 6.61 Å². The third-order valence-corrected chi connectivity index (χ3v) is 5.27. The lowest BCUT2D eigenvalue weighted by Gasteiger charge is -2.22. The van der Waals surface area contributed by atoms with Crippen LogP contribution in [0.1, 0.15) is 29.5 Å². The van der Waals surface area contributed by atoms with Gasteiger partial charge in [-0.1, -0.05) is 60.7 Å². The van der Waals surface area contributed by atoms with E-state index in [1.165, 1.54) is 48.3 Å². The van der Waals surface area contributed by atoms with Crippen molar-refractivity contribution in [2.45, 2.75) is 32.3 Å². The van der Waals surface area contributed by atoms with Crippen molar-refractivity contribution in [1.29, 1.82) is 0 Å². The third-order valence-electron chi connectivity index (χ3n) is 5.27. The maximum absolute atomic E-state index is 6.08. The van der Waals surface area contributed by atoms with Crippen LogP contribution in [-0.4, -0.2) is 13.1 Å². The number of aryl methyl sites for hydroxylation is 2. The van der Waals surface area contributed by atoms with Gasteiger partial charge in [0.05, 0.1) is 0 Å². The average molecular weight is 357 g/mol. The molecule has 3 aromatic carbocycles. The van der Waals surface area contributed by atoms with Gasteiger partial charge < -0.3 is 9.64 Å². The van der Waals surface area contributed by atoms with Crippen LogP contribution in [0, 0.1) is 0 Å². The molecule has 27 heavy (non-hydrogen) atoms. The molecule has 0 unspecified atom stereocenters. The largest absolute Gasteiger partial charge is 0.489 e. The molecule has 138 valence electrons. The predicted molar refractivity (Wildman–Crippen MR) is 113 cm³/mol. The molecule has 0 aromatic heterocycles. The smallest absolute Gasteiger partial charge is 0.120 e. The first-order valence-electron chi connectivity index (χ1n) is 9.97. The van der Waals surface area contributed by atoms with Gasteiger partial charge in [-0.05, 0) is 60.6 Å². The molecule has 0 amide bonds. The van der Waals surface area contributed by atoms with Gasteiger partial charge in [-0.3, -0.25) is 0 Å². The van der Waals surface area contributed by atoms with Gasteiger partial charge in [-0.2, -0.15) is 0 Å². The molecule has 2 nitrogen and oxygen atoms in total. The Kier molecular flexibility index (Phi) is 5.73. The third kappa shape index (κ3) is 4.71. The van der Waals surface area contributed by atoms with Crippen LogP contribution in [-0.2, 0) is 19.4 Å². The minimum atomic E-state index is 0.613. The molecule has 3 aromatic rings. The van der Waals surface area contributed by atoms with Gasteiger partial charge in [-0.25, -0.2) is 0 Å². The Bertz CT molecular complexity index is 839. The van der Waals surface area contributed by atoms with Crippen LogP contribution in [0.15, 0.2) is 78.9 Å². The maximum Gasteiger partial charge on any atom is 0.120 e. The molecule has 1 saturated heterocycles. The van der Waals surface area contributed by atoms with Crippen molar-refractivity contribution in [1.82, 2.24) is 0 Å². The fourth-order valence-electron chi connectivity index (χ4n) is 3.78. The van der Waals surface area contributed by atoms with E-state index in [-0.39, 0.29) is 0 Å². The van der Waals surface area contributed by atoms with Crippen LogP contribution < -0.4 is 9.64 Å². The van der Waals surface area contributed by atoms with Crippen molar-refractivity contribution in [3.05, 3.63) is 95.6 Å². The normalized spacial score (nSPS) is 13.7. The van der Waals surface area contributed by atoms with E-state index in [0.717, 1.165) is 18.6 Å². The lowest BCUT2D eigenvalue weighted by Crippen LogP contribution is -2.19. The molecule has 0 aliphatic carbocycles. The molecule has 0 radical (unpaired) electrons. The highest BCUT2D eigenvalue weighted by Gasteiger charge is 2.16. The van der Waals surface area contributed by atoms with Crippen molar-refractivity contribution in [3.63, 3.8) is 0 Å². The number of hydrogen-bond donors (Lipinski definition) is 0. The Morgan fingerprint density at radius 2 is 1.37 bits per heavy atom. The molecule has 0 spiro atoms. The fraction of sp³-hybridized carbons (Fsp3) is 0.280. The summed E-state index contributed by atoms with van der Waals surface area (Å²) in [5, 5.41) is 0. The van der Waals surface area contributed by atoms with Crippen molar-refractivity contribution in [3.8, 4) is 5.75 Å². The van der Waals surface area contributed by atoms with Gasteiger partial charge in [0.2, 0.25) is 0 Å². The van der Waals surface area contributed by atoms with E-state index in [2.05, 4.69) is 77.7 Å². The van der Waals surface area contributed by atoms with E-state index < -0.39 is 0 Å². The first kappa shape index (κ1) is 17.7. The summed E-state index contributed by atoms with van der Waals surface area (Å²) < 4.78 is 6.08. The molecular weight excluding hydrogens is 330 g/mol. The zero-order valence-electron chi connectivity index (χ0n) is 15.8. The van der Waals surface area contributed by atoms with Gasteiger partial charge in [0, 0.05) is 18.8 Å². The molecule has 0 N–H and O–H groups in total. The summed E-state index contributed by atoms with van der Waals surface area (Å²) in [5.41, 5.74) is 5.37. The van der Waals surface area contributed by atoms with Crippen molar-refractivity contribution >= 4 is 5.69 Å². The highest BCUT2D eigenvalue weighted by Crippen LogP contribution is 2.30. The van der Waals surface area contributed by atoms with E-state index >= 15 is 0 Å². The monoisotopic (exact) mass is 357 g/mol. The van der Waals surface area contributed by atoms with Crippen molar-refractivity contribution in [2.24, 2.45) is 0 Å². The summed E-state index contributed by atoms with van der Waals surface area (Å²) in [7, 11) is 0. The predicted octanol–water partition coefficient (Wildman–Crippen LogP) is 5.65. The van der Waals surface area contributed by atoms with Crippen LogP contribution in [0.2, 0.25) is 0 Å². The summed E-state index contributed by atoms with van der Waals surface area (Å²) >= 11 is 0. The van der Waals surface area contributed by atoms with Gasteiger partial charge in [0.25, 0.3) is 0 Å². The molecule has 2 heteroatoms. The zero-order chi connectivity index (χ0) is 18.3. The van der Waals surface area contributed by atoms with Gasteiger partial charge in [-0.15, -0.1) is 0 Å². The standard InChI is InChI=1S/C25H27NO/c1-3-9-21(10-4-1)13-14-23-19-24(27-20-22-11-5-2-6-12-22)15-16-25(23)26-17-7-8-18-26/h1-6,9-12,15-16,19H,7-8,13-14,17-18,20H2. The van der Waals surface area contributed by atoms with E-state index in [1.54, 1.807) is 0 Å². The quantitative estimate of drug-likeness (QED) is 0.542. The molecule has 0 bridgehead atoms. The van der Waals surface area contributed by atoms with Gasteiger partial charge in [0.1, 0.15) is 12.4 Å². The summed E-state index contributed by atoms with van der Waals surface area (Å²) in [6.45, 7) is 2.95. The number of rotatable bonds is 7. The lowest BCUT2D eigenvalue weighted by atomic mass is 10.0. The fourth-order valence-corrected chi connectivity index (χ4v) is 3.78. The van der Waals surface area contributed by atoms with E-state index in [1.807, 2.05) is 6.07 Å². The van der Waals surface area contributed by atoms with Gasteiger partial charge >= 0.3 is 0 Å². The average Bonchev–Trinajstić information content (AvgIpc) is 3.27. The van der Waals surface area contributed by atoms with Crippen LogP contribution in [0.25, 0.3) is 0 Å². The number of ether oxygens (including phenoxy) is 1. The minimum absolute atomic E-state index is 0.613. The van der Waals surface area contributed by atoms with Crippen LogP contribution in [0.5, 0.6) is 5.75 Å². The Labute approximate surface area is 162 Å². The molecule has 1 aliphatic rings. The van der Waals surface area contributed by atoms with E-state index in [9.17, 15) is 0 Å². The Hall–Kier alpha value is -2.74. The van der Waals surface area contributed by atoms with Gasteiger partial charge in [0.15, 0.2) is 0 Å². The lowest BCUT2D eigenvalue weighted by molar-refractivity contribution is 0.306. The topological polar surface area (TPSA) is 12.5 Å². The molecule has 1 aliphatic heterocycles. The first-order valence-corrected chi connectivity index (χ1v) is 9.97. The Morgan fingerprint density at radius 3 is 2.07 bits per heavy atom. The number of benzene rings is 3. The molecular formula is C25H27NO. The zero-order valence-corrected chi connectivity index (χ0v) is 15.8. The summed E-state index contributed by atoms with van der Waals surface area (Å²) in [5.74, 6) is 0.963. The molecule has 1 fully saturated rings. The van der Waals surface area contributed by atoms with E-state index in [4.69, 9.17) is 4.74 Å². The molecule has 0 atom stereocenters. The van der Waals surface area contributed by atoms with Crippen LogP contribution in [0.3, 0.4) is 0 Å². The molecule has 0 saturated carbocycles. The molecule has 4 rings (SSSR count). The Morgan fingerprint density at radius 1 is 0.704 bits per heavy atom. The second kappa shape index (κ2) is 8.77. The van der Waals surface area contributed by atoms with Crippen molar-refractivity contribution < 1.29 is 4.74 Å². The SMILES string of the molecule is c1ccc(CCc2cc(OCc3ccccc3)ccc2N2CCCC2)cc1. The van der Waals surface area contributed by atoms with Crippen LogP contribution in [0.4, 0.5) is 5.69 Å². The highest BCUT2D eigenvalue weighted by atomic mass is 16.5. The number of nitrogens with zero attached hydrogens (tertiary/aromatic N) is 1. The molecule has 1 heterocycles. The first-order chi connectivity index (χ1) is 13.4. The van der Waals surface area contributed by atoms with Crippen LogP contribution >= 0.6 is 0 Å². The summed E-state index contributed by atoms with van der Waals surface area (Å²) in [6.07, 6.45) is 4.69. The minimum Gasteiger partial charge on any atom is -0.489 e. The number of anilines is 1. The highest BCUT2D eigenvalue weighted by molar-refractivity contribution is 5.57.